The second-order valence-corrected chi connectivity index (χ2v) is 6.80. The Balaban J connectivity index is 1.61. The highest BCUT2D eigenvalue weighted by molar-refractivity contribution is 5.52. The van der Waals surface area contributed by atoms with Crippen molar-refractivity contribution in [2.75, 3.05) is 6.54 Å². The number of nitrogens with one attached hydrogen (secondary N) is 1. The molecule has 1 aliphatic rings. The number of aromatic nitrogens is 4. The van der Waals surface area contributed by atoms with Gasteiger partial charge in [0.05, 0.1) is 16.8 Å². The maximum atomic E-state index is 12.6. The SMILES string of the molecule is Cc1cccc(C)c1CN1CCc2nc(-c3cncnc3)[nH]c(=O)c2C1. The van der Waals surface area contributed by atoms with Crippen LogP contribution < -0.4 is 5.56 Å². The lowest BCUT2D eigenvalue weighted by Gasteiger charge is -2.28. The van der Waals surface area contributed by atoms with Gasteiger partial charge in [0.25, 0.3) is 5.56 Å². The first kappa shape index (κ1) is 16.6. The summed E-state index contributed by atoms with van der Waals surface area (Å²) < 4.78 is 0. The molecule has 26 heavy (non-hydrogen) atoms. The number of aromatic amines is 1. The van der Waals surface area contributed by atoms with E-state index in [1.165, 1.54) is 23.0 Å². The third-order valence-corrected chi connectivity index (χ3v) is 5.01. The van der Waals surface area contributed by atoms with Gasteiger partial charge >= 0.3 is 0 Å². The van der Waals surface area contributed by atoms with Crippen molar-refractivity contribution in [3.05, 3.63) is 75.2 Å². The minimum Gasteiger partial charge on any atom is -0.306 e. The molecule has 0 atom stereocenters. The highest BCUT2D eigenvalue weighted by Crippen LogP contribution is 2.21. The fourth-order valence-corrected chi connectivity index (χ4v) is 3.50. The number of H-pyrrole nitrogens is 1. The highest BCUT2D eigenvalue weighted by Gasteiger charge is 2.22. The maximum absolute atomic E-state index is 12.6. The van der Waals surface area contributed by atoms with Gasteiger partial charge in [-0.3, -0.25) is 9.69 Å². The van der Waals surface area contributed by atoms with Crippen LogP contribution >= 0.6 is 0 Å². The molecular weight excluding hydrogens is 326 g/mol. The molecule has 0 saturated carbocycles. The molecule has 3 aromatic rings. The van der Waals surface area contributed by atoms with Crippen molar-refractivity contribution < 1.29 is 0 Å². The van der Waals surface area contributed by atoms with Crippen molar-refractivity contribution in [3.63, 3.8) is 0 Å². The van der Waals surface area contributed by atoms with E-state index in [1.807, 2.05) is 0 Å². The van der Waals surface area contributed by atoms with Crippen LogP contribution in [-0.4, -0.2) is 31.4 Å². The van der Waals surface area contributed by atoms with Gasteiger partial charge in [-0.15, -0.1) is 0 Å². The second kappa shape index (κ2) is 6.80. The van der Waals surface area contributed by atoms with Crippen LogP contribution in [0.5, 0.6) is 0 Å². The third kappa shape index (κ3) is 3.15. The molecule has 0 amide bonds. The van der Waals surface area contributed by atoms with E-state index in [1.54, 1.807) is 12.4 Å². The summed E-state index contributed by atoms with van der Waals surface area (Å²) in [6.07, 6.45) is 5.55. The predicted molar refractivity (Wildman–Crippen MR) is 99.6 cm³/mol. The standard InChI is InChI=1S/C20H21N5O/c1-13-4-3-5-14(2)16(13)10-25-7-6-18-17(11-25)20(26)24-19(23-18)15-8-21-12-22-9-15/h3-5,8-9,12H,6-7,10-11H2,1-2H3,(H,23,24,26). The molecule has 4 rings (SSSR count). The molecule has 0 unspecified atom stereocenters. The van der Waals surface area contributed by atoms with Crippen molar-refractivity contribution in [2.24, 2.45) is 0 Å². The smallest absolute Gasteiger partial charge is 0.255 e. The Morgan fingerprint density at radius 3 is 2.62 bits per heavy atom. The third-order valence-electron chi connectivity index (χ3n) is 5.01. The van der Waals surface area contributed by atoms with E-state index in [0.29, 0.717) is 12.4 Å². The monoisotopic (exact) mass is 347 g/mol. The molecule has 3 heterocycles. The molecule has 0 radical (unpaired) electrons. The summed E-state index contributed by atoms with van der Waals surface area (Å²) >= 11 is 0. The topological polar surface area (TPSA) is 74.8 Å². The Labute approximate surface area is 152 Å². The first-order valence-electron chi connectivity index (χ1n) is 8.76. The zero-order valence-corrected chi connectivity index (χ0v) is 15.0. The average Bonchev–Trinajstić information content (AvgIpc) is 2.66. The maximum Gasteiger partial charge on any atom is 0.255 e. The van der Waals surface area contributed by atoms with E-state index in [0.717, 1.165) is 36.3 Å². The van der Waals surface area contributed by atoms with Crippen molar-refractivity contribution in [2.45, 2.75) is 33.4 Å². The van der Waals surface area contributed by atoms with E-state index in [2.05, 4.69) is 56.9 Å². The number of aryl methyl sites for hydroxylation is 2. The zero-order chi connectivity index (χ0) is 18.1. The van der Waals surface area contributed by atoms with Gasteiger partial charge in [0.1, 0.15) is 12.2 Å². The molecule has 1 aliphatic heterocycles. The molecule has 0 fully saturated rings. The Morgan fingerprint density at radius 2 is 1.88 bits per heavy atom. The first-order chi connectivity index (χ1) is 12.6. The molecule has 0 spiro atoms. The summed E-state index contributed by atoms with van der Waals surface area (Å²) in [7, 11) is 0. The minimum atomic E-state index is -0.0694. The van der Waals surface area contributed by atoms with E-state index < -0.39 is 0 Å². The Morgan fingerprint density at radius 1 is 1.15 bits per heavy atom. The van der Waals surface area contributed by atoms with E-state index in [-0.39, 0.29) is 5.56 Å². The van der Waals surface area contributed by atoms with E-state index in [9.17, 15) is 4.79 Å². The van der Waals surface area contributed by atoms with Crippen LogP contribution in [0.3, 0.4) is 0 Å². The average molecular weight is 347 g/mol. The lowest BCUT2D eigenvalue weighted by molar-refractivity contribution is 0.241. The number of hydrogen-bond donors (Lipinski definition) is 1. The Bertz CT molecular complexity index is 977. The van der Waals surface area contributed by atoms with Crippen LogP contribution in [0.4, 0.5) is 0 Å². The molecule has 1 aromatic carbocycles. The lowest BCUT2D eigenvalue weighted by atomic mass is 10.0. The highest BCUT2D eigenvalue weighted by atomic mass is 16.1. The molecule has 2 aromatic heterocycles. The summed E-state index contributed by atoms with van der Waals surface area (Å²) in [5, 5.41) is 0. The van der Waals surface area contributed by atoms with E-state index in [4.69, 9.17) is 0 Å². The van der Waals surface area contributed by atoms with Crippen molar-refractivity contribution in [1.82, 2.24) is 24.8 Å². The Hall–Kier alpha value is -2.86. The first-order valence-corrected chi connectivity index (χ1v) is 8.76. The Kier molecular flexibility index (Phi) is 4.34. The summed E-state index contributed by atoms with van der Waals surface area (Å²) in [6.45, 7) is 6.65. The fourth-order valence-electron chi connectivity index (χ4n) is 3.50. The van der Waals surface area contributed by atoms with Crippen LogP contribution in [0.15, 0.2) is 41.7 Å². The number of fused-ring (bicyclic) bond motifs is 1. The van der Waals surface area contributed by atoms with Crippen molar-refractivity contribution in [1.29, 1.82) is 0 Å². The molecule has 0 bridgehead atoms. The van der Waals surface area contributed by atoms with Gasteiger partial charge in [0, 0.05) is 38.4 Å². The van der Waals surface area contributed by atoms with Crippen LogP contribution in [0.2, 0.25) is 0 Å². The summed E-state index contributed by atoms with van der Waals surface area (Å²) in [5.41, 5.74) is 6.24. The number of rotatable bonds is 3. The number of hydrogen-bond acceptors (Lipinski definition) is 5. The fraction of sp³-hybridized carbons (Fsp3) is 0.300. The minimum absolute atomic E-state index is 0.0694. The van der Waals surface area contributed by atoms with Gasteiger partial charge in [0.2, 0.25) is 0 Å². The van der Waals surface area contributed by atoms with Crippen LogP contribution in [0, 0.1) is 13.8 Å². The van der Waals surface area contributed by atoms with Gasteiger partial charge < -0.3 is 4.98 Å². The van der Waals surface area contributed by atoms with Crippen molar-refractivity contribution >= 4 is 0 Å². The van der Waals surface area contributed by atoms with Gasteiger partial charge in [0.15, 0.2) is 0 Å². The largest absolute Gasteiger partial charge is 0.306 e. The zero-order valence-electron chi connectivity index (χ0n) is 15.0. The normalized spacial score (nSPS) is 14.2. The van der Waals surface area contributed by atoms with Gasteiger partial charge in [-0.2, -0.15) is 0 Å². The molecule has 6 nitrogen and oxygen atoms in total. The van der Waals surface area contributed by atoms with Gasteiger partial charge in [-0.25, -0.2) is 15.0 Å². The molecular formula is C20H21N5O. The molecule has 0 aliphatic carbocycles. The summed E-state index contributed by atoms with van der Waals surface area (Å²) in [6, 6.07) is 6.37. The summed E-state index contributed by atoms with van der Waals surface area (Å²) in [4.78, 5) is 30.5. The van der Waals surface area contributed by atoms with Crippen LogP contribution in [0.25, 0.3) is 11.4 Å². The van der Waals surface area contributed by atoms with Crippen molar-refractivity contribution in [3.8, 4) is 11.4 Å². The number of nitrogens with zero attached hydrogens (tertiary/aromatic N) is 4. The lowest BCUT2D eigenvalue weighted by Crippen LogP contribution is -2.35. The van der Waals surface area contributed by atoms with E-state index >= 15 is 0 Å². The number of benzene rings is 1. The summed E-state index contributed by atoms with van der Waals surface area (Å²) in [5.74, 6) is 0.539. The second-order valence-electron chi connectivity index (χ2n) is 6.80. The van der Waals surface area contributed by atoms with Crippen LogP contribution in [-0.2, 0) is 19.5 Å². The predicted octanol–water partition coefficient (Wildman–Crippen LogP) is 2.40. The molecule has 6 heteroatoms. The van der Waals surface area contributed by atoms with Gasteiger partial charge in [-0.05, 0) is 30.5 Å². The van der Waals surface area contributed by atoms with Crippen LogP contribution in [0.1, 0.15) is 27.9 Å². The quantitative estimate of drug-likeness (QED) is 0.787. The molecule has 132 valence electrons. The van der Waals surface area contributed by atoms with Gasteiger partial charge in [-0.1, -0.05) is 18.2 Å². The molecule has 1 N–H and O–H groups in total. The molecule has 0 saturated heterocycles.